The predicted octanol–water partition coefficient (Wildman–Crippen LogP) is -0.209. The minimum atomic E-state index is -0.681. The smallest absolute Gasteiger partial charge is 0.416 e. The molecule has 6 heteroatoms. The van der Waals surface area contributed by atoms with Gasteiger partial charge in [0, 0.05) is 6.54 Å². The van der Waals surface area contributed by atoms with Crippen LogP contribution in [0.1, 0.15) is 19.3 Å². The SMILES string of the molecule is COC(=O)N1CCCC[C@H](N[C]=O)C1=O. The fourth-order valence-electron chi connectivity index (χ4n) is 1.54. The molecule has 0 aromatic carbocycles. The van der Waals surface area contributed by atoms with Crippen LogP contribution in [0.5, 0.6) is 0 Å². The van der Waals surface area contributed by atoms with Crippen LogP contribution in [0.2, 0.25) is 0 Å². The van der Waals surface area contributed by atoms with E-state index in [0.29, 0.717) is 13.0 Å². The quantitative estimate of drug-likeness (QED) is 0.644. The molecule has 15 heavy (non-hydrogen) atoms. The third-order valence-corrected chi connectivity index (χ3v) is 2.32. The van der Waals surface area contributed by atoms with Crippen LogP contribution in [0.25, 0.3) is 0 Å². The predicted molar refractivity (Wildman–Crippen MR) is 50.6 cm³/mol. The van der Waals surface area contributed by atoms with Crippen LogP contribution in [0.15, 0.2) is 0 Å². The molecule has 0 spiro atoms. The first kappa shape index (κ1) is 11.5. The van der Waals surface area contributed by atoms with Gasteiger partial charge in [0.15, 0.2) is 0 Å². The highest BCUT2D eigenvalue weighted by Gasteiger charge is 2.31. The van der Waals surface area contributed by atoms with E-state index in [0.717, 1.165) is 17.7 Å². The molecule has 1 heterocycles. The lowest BCUT2D eigenvalue weighted by atomic mass is 10.1. The Morgan fingerprint density at radius 3 is 2.93 bits per heavy atom. The third-order valence-electron chi connectivity index (χ3n) is 2.32. The molecule has 1 aliphatic rings. The number of hydrogen-bond acceptors (Lipinski definition) is 4. The molecule has 1 aliphatic heterocycles. The van der Waals surface area contributed by atoms with E-state index in [-0.39, 0.29) is 0 Å². The summed E-state index contributed by atoms with van der Waals surface area (Å²) >= 11 is 0. The van der Waals surface area contributed by atoms with Crippen LogP contribution in [-0.2, 0) is 14.3 Å². The first-order valence-corrected chi connectivity index (χ1v) is 4.72. The first-order valence-electron chi connectivity index (χ1n) is 4.72. The largest absolute Gasteiger partial charge is 0.452 e. The van der Waals surface area contributed by atoms with Gasteiger partial charge in [0.2, 0.25) is 0 Å². The van der Waals surface area contributed by atoms with E-state index in [4.69, 9.17) is 0 Å². The maximum absolute atomic E-state index is 11.7. The summed E-state index contributed by atoms with van der Waals surface area (Å²) in [6, 6.07) is -0.663. The van der Waals surface area contributed by atoms with Gasteiger partial charge in [-0.15, -0.1) is 0 Å². The van der Waals surface area contributed by atoms with Crippen molar-refractivity contribution in [3.8, 4) is 0 Å². The fourth-order valence-corrected chi connectivity index (χ4v) is 1.54. The summed E-state index contributed by atoms with van der Waals surface area (Å²) in [6.07, 6.45) is 2.82. The number of likely N-dealkylation sites (tertiary alicyclic amines) is 1. The molecule has 0 saturated carbocycles. The van der Waals surface area contributed by atoms with Crippen molar-refractivity contribution in [3.63, 3.8) is 0 Å². The Morgan fingerprint density at radius 2 is 2.33 bits per heavy atom. The Hall–Kier alpha value is -1.59. The standard InChI is InChI=1S/C9H13N2O4/c1-15-9(14)11-5-3-2-4-7(8(11)13)10-6-12/h7H,2-5H2,1H3,(H,10,12)/t7-/m0/s1. The minimum Gasteiger partial charge on any atom is -0.452 e. The first-order chi connectivity index (χ1) is 7.20. The van der Waals surface area contributed by atoms with Gasteiger partial charge >= 0.3 is 12.5 Å². The van der Waals surface area contributed by atoms with Crippen LogP contribution in [0.4, 0.5) is 4.79 Å². The molecule has 0 aliphatic carbocycles. The molecule has 6 nitrogen and oxygen atoms in total. The summed E-state index contributed by atoms with van der Waals surface area (Å²) in [5.74, 6) is -0.428. The molecule has 1 atom stereocenters. The monoisotopic (exact) mass is 213 g/mol. The number of ether oxygens (including phenoxy) is 1. The van der Waals surface area contributed by atoms with Gasteiger partial charge in [0.05, 0.1) is 7.11 Å². The highest BCUT2D eigenvalue weighted by Crippen LogP contribution is 2.12. The molecule has 0 unspecified atom stereocenters. The Labute approximate surface area is 87.6 Å². The fraction of sp³-hybridized carbons (Fsp3) is 0.667. The molecule has 0 aromatic heterocycles. The molecule has 1 rings (SSSR count). The Bertz CT molecular complexity index is 267. The number of carbonyl (C=O) groups excluding carboxylic acids is 3. The van der Waals surface area contributed by atoms with Gasteiger partial charge in [-0.25, -0.2) is 9.69 Å². The van der Waals surface area contributed by atoms with Gasteiger partial charge in [-0.3, -0.25) is 9.59 Å². The Balaban J connectivity index is 2.74. The maximum Gasteiger partial charge on any atom is 0.416 e. The van der Waals surface area contributed by atoms with Crippen molar-refractivity contribution in [2.75, 3.05) is 13.7 Å². The van der Waals surface area contributed by atoms with Crippen molar-refractivity contribution in [1.29, 1.82) is 0 Å². The number of imide groups is 1. The van der Waals surface area contributed by atoms with Crippen LogP contribution >= 0.6 is 0 Å². The van der Waals surface area contributed by atoms with E-state index in [1.165, 1.54) is 13.5 Å². The summed E-state index contributed by atoms with van der Waals surface area (Å²) in [6.45, 7) is 0.336. The number of methoxy groups -OCH3 is 1. The molecule has 0 bridgehead atoms. The highest BCUT2D eigenvalue weighted by atomic mass is 16.5. The second-order valence-electron chi connectivity index (χ2n) is 3.25. The average molecular weight is 213 g/mol. The number of nitrogens with zero attached hydrogens (tertiary/aromatic N) is 1. The molecular weight excluding hydrogens is 200 g/mol. The van der Waals surface area contributed by atoms with Crippen molar-refractivity contribution >= 4 is 18.4 Å². The van der Waals surface area contributed by atoms with E-state index in [1.54, 1.807) is 0 Å². The zero-order chi connectivity index (χ0) is 11.3. The van der Waals surface area contributed by atoms with Crippen molar-refractivity contribution in [1.82, 2.24) is 10.2 Å². The minimum absolute atomic E-state index is 0.336. The highest BCUT2D eigenvalue weighted by molar-refractivity contribution is 5.95. The van der Waals surface area contributed by atoms with E-state index in [9.17, 15) is 14.4 Å². The van der Waals surface area contributed by atoms with E-state index < -0.39 is 18.0 Å². The summed E-state index contributed by atoms with van der Waals surface area (Å²) in [4.78, 5) is 34.1. The second kappa shape index (κ2) is 5.33. The summed E-state index contributed by atoms with van der Waals surface area (Å²) in [5, 5.41) is 2.28. The van der Waals surface area contributed by atoms with Gasteiger partial charge < -0.3 is 10.1 Å². The van der Waals surface area contributed by atoms with Gasteiger partial charge in [0.25, 0.3) is 5.91 Å². The average Bonchev–Trinajstić information content (AvgIpc) is 2.42. The van der Waals surface area contributed by atoms with Crippen LogP contribution in [-0.4, -0.2) is 43.0 Å². The van der Waals surface area contributed by atoms with Crippen molar-refractivity contribution in [2.24, 2.45) is 0 Å². The van der Waals surface area contributed by atoms with Crippen LogP contribution in [0.3, 0.4) is 0 Å². The van der Waals surface area contributed by atoms with Gasteiger partial charge in [-0.1, -0.05) is 0 Å². The second-order valence-corrected chi connectivity index (χ2v) is 3.25. The number of nitrogens with one attached hydrogen (secondary N) is 1. The molecular formula is C9H13N2O4. The number of hydrogen-bond donors (Lipinski definition) is 1. The zero-order valence-corrected chi connectivity index (χ0v) is 8.49. The zero-order valence-electron chi connectivity index (χ0n) is 8.49. The van der Waals surface area contributed by atoms with E-state index in [1.807, 2.05) is 0 Å². The molecule has 1 N–H and O–H groups in total. The number of amides is 3. The lowest BCUT2D eigenvalue weighted by Gasteiger charge is -2.20. The molecule has 1 radical (unpaired) electrons. The van der Waals surface area contributed by atoms with Crippen molar-refractivity contribution in [3.05, 3.63) is 0 Å². The van der Waals surface area contributed by atoms with E-state index in [2.05, 4.69) is 10.1 Å². The van der Waals surface area contributed by atoms with Crippen molar-refractivity contribution < 1.29 is 19.1 Å². The van der Waals surface area contributed by atoms with Crippen molar-refractivity contribution in [2.45, 2.75) is 25.3 Å². The molecule has 83 valence electrons. The molecule has 1 saturated heterocycles. The molecule has 1 fully saturated rings. The van der Waals surface area contributed by atoms with Crippen LogP contribution in [0, 0.1) is 0 Å². The maximum atomic E-state index is 11.7. The van der Waals surface area contributed by atoms with Crippen LogP contribution < -0.4 is 5.32 Å². The molecule has 3 amide bonds. The van der Waals surface area contributed by atoms with Gasteiger partial charge in [-0.2, -0.15) is 0 Å². The summed E-state index contributed by atoms with van der Waals surface area (Å²) in [7, 11) is 1.22. The lowest BCUT2D eigenvalue weighted by molar-refractivity contribution is -0.130. The lowest BCUT2D eigenvalue weighted by Crippen LogP contribution is -2.47. The Morgan fingerprint density at radius 1 is 1.60 bits per heavy atom. The summed E-state index contributed by atoms with van der Waals surface area (Å²) in [5.41, 5.74) is 0. The topological polar surface area (TPSA) is 75.7 Å². The van der Waals surface area contributed by atoms with Gasteiger partial charge in [-0.05, 0) is 19.3 Å². The normalized spacial score (nSPS) is 21.8. The summed E-state index contributed by atoms with van der Waals surface area (Å²) < 4.78 is 4.48. The third kappa shape index (κ3) is 2.68. The van der Waals surface area contributed by atoms with E-state index >= 15 is 0 Å². The van der Waals surface area contributed by atoms with Gasteiger partial charge in [0.1, 0.15) is 6.04 Å². The number of rotatable bonds is 2. The molecule has 0 aromatic rings. The number of carbonyl (C=O) groups is 2. The Kier molecular flexibility index (Phi) is 4.08.